The van der Waals surface area contributed by atoms with E-state index in [-0.39, 0.29) is 6.04 Å². The number of aromatic nitrogens is 3. The second kappa shape index (κ2) is 3.30. The van der Waals surface area contributed by atoms with Crippen molar-refractivity contribution in [1.82, 2.24) is 14.8 Å². The minimum Gasteiger partial charge on any atom is -0.321 e. The molecule has 1 aromatic heterocycles. The number of nitrogens with zero attached hydrogens (tertiary/aromatic N) is 3. The molecule has 2 N–H and O–H groups in total. The van der Waals surface area contributed by atoms with Crippen LogP contribution in [0.15, 0.2) is 0 Å². The Bertz CT molecular complexity index is 367. The summed E-state index contributed by atoms with van der Waals surface area (Å²) in [5, 5.41) is 4.60. The lowest BCUT2D eigenvalue weighted by Crippen LogP contribution is -2.27. The molecule has 1 aliphatic heterocycles. The zero-order valence-corrected chi connectivity index (χ0v) is 9.19. The van der Waals surface area contributed by atoms with E-state index in [1.54, 1.807) is 0 Å². The van der Waals surface area contributed by atoms with E-state index in [9.17, 15) is 0 Å². The molecule has 0 amide bonds. The van der Waals surface area contributed by atoms with Crippen LogP contribution in [-0.4, -0.2) is 14.8 Å². The van der Waals surface area contributed by atoms with Gasteiger partial charge in [-0.1, -0.05) is 13.3 Å². The van der Waals surface area contributed by atoms with Gasteiger partial charge in [0.1, 0.15) is 5.82 Å². The fraction of sp³-hybridized carbons (Fsp3) is 0.818. The van der Waals surface area contributed by atoms with E-state index in [0.29, 0.717) is 11.8 Å². The van der Waals surface area contributed by atoms with Crippen LogP contribution in [0.1, 0.15) is 56.2 Å². The first-order chi connectivity index (χ1) is 7.24. The van der Waals surface area contributed by atoms with E-state index in [1.807, 2.05) is 4.68 Å². The quantitative estimate of drug-likeness (QED) is 0.759. The van der Waals surface area contributed by atoms with Gasteiger partial charge in [-0.15, -0.1) is 0 Å². The maximum absolute atomic E-state index is 6.09. The van der Waals surface area contributed by atoms with E-state index in [0.717, 1.165) is 24.6 Å². The minimum atomic E-state index is 0.0927. The van der Waals surface area contributed by atoms with Gasteiger partial charge in [0.15, 0.2) is 5.82 Å². The van der Waals surface area contributed by atoms with Gasteiger partial charge in [0.2, 0.25) is 0 Å². The Hall–Kier alpha value is -0.900. The van der Waals surface area contributed by atoms with Crippen molar-refractivity contribution >= 4 is 0 Å². The molecule has 15 heavy (non-hydrogen) atoms. The first kappa shape index (κ1) is 9.33. The molecule has 82 valence electrons. The zero-order valence-electron chi connectivity index (χ0n) is 9.19. The van der Waals surface area contributed by atoms with Crippen LogP contribution in [0.2, 0.25) is 0 Å². The van der Waals surface area contributed by atoms with Crippen molar-refractivity contribution in [2.75, 3.05) is 0 Å². The van der Waals surface area contributed by atoms with Crippen LogP contribution in [0.25, 0.3) is 0 Å². The van der Waals surface area contributed by atoms with Crippen LogP contribution in [-0.2, 0) is 6.54 Å². The third-order valence-electron chi connectivity index (χ3n) is 3.66. The minimum absolute atomic E-state index is 0.0927. The predicted octanol–water partition coefficient (Wildman–Crippen LogP) is 1.59. The Morgan fingerprint density at radius 2 is 2.20 bits per heavy atom. The summed E-state index contributed by atoms with van der Waals surface area (Å²) in [7, 11) is 0. The number of hydrogen-bond donors (Lipinski definition) is 1. The third kappa shape index (κ3) is 1.47. The average Bonchev–Trinajstić information content (AvgIpc) is 2.44. The largest absolute Gasteiger partial charge is 0.321 e. The first-order valence-electron chi connectivity index (χ1n) is 5.94. The smallest absolute Gasteiger partial charge is 0.154 e. The molecule has 2 heterocycles. The molecule has 1 aliphatic carbocycles. The van der Waals surface area contributed by atoms with Crippen LogP contribution in [0.5, 0.6) is 0 Å². The van der Waals surface area contributed by atoms with Crippen molar-refractivity contribution in [2.45, 2.75) is 51.1 Å². The lowest BCUT2D eigenvalue weighted by molar-refractivity contribution is 0.323. The molecule has 2 atom stereocenters. The normalized spacial score (nSPS) is 31.1. The fourth-order valence-electron chi connectivity index (χ4n) is 2.53. The van der Waals surface area contributed by atoms with Gasteiger partial charge in [0, 0.05) is 12.5 Å². The second-order valence-corrected chi connectivity index (χ2v) is 5.09. The third-order valence-corrected chi connectivity index (χ3v) is 3.66. The van der Waals surface area contributed by atoms with Crippen molar-refractivity contribution in [3.05, 3.63) is 11.6 Å². The van der Waals surface area contributed by atoms with Crippen LogP contribution in [0.3, 0.4) is 0 Å². The molecule has 0 bridgehead atoms. The molecule has 3 rings (SSSR count). The lowest BCUT2D eigenvalue weighted by Gasteiger charge is -2.23. The van der Waals surface area contributed by atoms with Crippen LogP contribution in [0, 0.1) is 5.92 Å². The Morgan fingerprint density at radius 1 is 1.40 bits per heavy atom. The van der Waals surface area contributed by atoms with Crippen molar-refractivity contribution < 1.29 is 0 Å². The second-order valence-electron chi connectivity index (χ2n) is 5.09. The molecule has 1 fully saturated rings. The van der Waals surface area contributed by atoms with E-state index in [2.05, 4.69) is 17.0 Å². The first-order valence-corrected chi connectivity index (χ1v) is 5.94. The molecule has 0 spiro atoms. The Labute approximate surface area is 89.9 Å². The van der Waals surface area contributed by atoms with Gasteiger partial charge >= 0.3 is 0 Å². The molecule has 4 heteroatoms. The summed E-state index contributed by atoms with van der Waals surface area (Å²) >= 11 is 0. The van der Waals surface area contributed by atoms with Gasteiger partial charge in [-0.2, -0.15) is 5.10 Å². The topological polar surface area (TPSA) is 56.7 Å². The van der Waals surface area contributed by atoms with E-state index in [4.69, 9.17) is 5.73 Å². The SMILES string of the molecule is CC1CC(N)c2nc(C3CCC3)nn2C1. The highest BCUT2D eigenvalue weighted by Crippen LogP contribution is 2.36. The highest BCUT2D eigenvalue weighted by Gasteiger charge is 2.29. The number of hydrogen-bond acceptors (Lipinski definition) is 3. The van der Waals surface area contributed by atoms with Crippen molar-refractivity contribution in [3.63, 3.8) is 0 Å². The van der Waals surface area contributed by atoms with Crippen LogP contribution in [0.4, 0.5) is 0 Å². The van der Waals surface area contributed by atoms with Crippen molar-refractivity contribution in [1.29, 1.82) is 0 Å². The summed E-state index contributed by atoms with van der Waals surface area (Å²) in [5.41, 5.74) is 6.09. The molecule has 0 radical (unpaired) electrons. The monoisotopic (exact) mass is 206 g/mol. The van der Waals surface area contributed by atoms with Gasteiger partial charge in [-0.3, -0.25) is 0 Å². The summed E-state index contributed by atoms with van der Waals surface area (Å²) in [6.45, 7) is 3.22. The summed E-state index contributed by atoms with van der Waals surface area (Å²) < 4.78 is 2.03. The van der Waals surface area contributed by atoms with Gasteiger partial charge in [-0.25, -0.2) is 9.67 Å². The summed E-state index contributed by atoms with van der Waals surface area (Å²) in [6, 6.07) is 0.0927. The molecule has 0 saturated heterocycles. The Balaban J connectivity index is 1.92. The molecule has 0 aromatic carbocycles. The highest BCUT2D eigenvalue weighted by atomic mass is 15.4. The molecular weight excluding hydrogens is 188 g/mol. The number of rotatable bonds is 1. The van der Waals surface area contributed by atoms with Gasteiger partial charge in [-0.05, 0) is 25.2 Å². The van der Waals surface area contributed by atoms with E-state index in [1.165, 1.54) is 19.3 Å². The molecule has 2 unspecified atom stereocenters. The maximum Gasteiger partial charge on any atom is 0.154 e. The standard InChI is InChI=1S/C11H18N4/c1-7-5-9(12)11-13-10(8-3-2-4-8)14-15(11)6-7/h7-9H,2-6,12H2,1H3. The van der Waals surface area contributed by atoms with Crippen LogP contribution < -0.4 is 5.73 Å². The van der Waals surface area contributed by atoms with Crippen LogP contribution >= 0.6 is 0 Å². The lowest BCUT2D eigenvalue weighted by atomic mass is 9.85. The van der Waals surface area contributed by atoms with Gasteiger partial charge in [0.05, 0.1) is 6.04 Å². The summed E-state index contributed by atoms with van der Waals surface area (Å²) in [5.74, 6) is 3.30. The van der Waals surface area contributed by atoms with Gasteiger partial charge < -0.3 is 5.73 Å². The molecule has 1 saturated carbocycles. The Morgan fingerprint density at radius 3 is 2.87 bits per heavy atom. The van der Waals surface area contributed by atoms with E-state index < -0.39 is 0 Å². The molecular formula is C11H18N4. The molecule has 1 aromatic rings. The van der Waals surface area contributed by atoms with E-state index >= 15 is 0 Å². The fourth-order valence-corrected chi connectivity index (χ4v) is 2.53. The number of fused-ring (bicyclic) bond motifs is 1. The average molecular weight is 206 g/mol. The van der Waals surface area contributed by atoms with Crippen molar-refractivity contribution in [3.8, 4) is 0 Å². The van der Waals surface area contributed by atoms with Gasteiger partial charge in [0.25, 0.3) is 0 Å². The predicted molar refractivity (Wildman–Crippen MR) is 57.3 cm³/mol. The Kier molecular flexibility index (Phi) is 2.06. The molecule has 4 nitrogen and oxygen atoms in total. The molecule has 2 aliphatic rings. The maximum atomic E-state index is 6.09. The van der Waals surface area contributed by atoms with Crippen molar-refractivity contribution in [2.24, 2.45) is 11.7 Å². The number of nitrogens with two attached hydrogens (primary N) is 1. The zero-order chi connectivity index (χ0) is 10.4. The highest BCUT2D eigenvalue weighted by molar-refractivity contribution is 5.07. The summed E-state index contributed by atoms with van der Waals surface area (Å²) in [6.07, 6.45) is 4.89. The summed E-state index contributed by atoms with van der Waals surface area (Å²) in [4.78, 5) is 4.62.